The summed E-state index contributed by atoms with van der Waals surface area (Å²) in [6, 6.07) is 4.89. The molecule has 4 nitrogen and oxygen atoms in total. The summed E-state index contributed by atoms with van der Waals surface area (Å²) in [7, 11) is 4.43. The summed E-state index contributed by atoms with van der Waals surface area (Å²) >= 11 is 0. The molecule has 1 fully saturated rings. The van der Waals surface area contributed by atoms with Crippen LogP contribution in [-0.4, -0.2) is 67.6 Å². The molecule has 0 amide bonds. The van der Waals surface area contributed by atoms with Crippen molar-refractivity contribution < 1.29 is 0 Å². The standard InChI is InChI=1S/C14H26N4/c1-17(9-5-13-4-3-7-15-13)10-6-14-12-18(2)11-8-16-14/h3-4,7,14-16H,5-6,8-12H2,1-2H3. The minimum absolute atomic E-state index is 0.664. The highest BCUT2D eigenvalue weighted by molar-refractivity contribution is 5.03. The van der Waals surface area contributed by atoms with Crippen molar-refractivity contribution in [2.75, 3.05) is 46.8 Å². The Bertz CT molecular complexity index is 323. The highest BCUT2D eigenvalue weighted by Crippen LogP contribution is 2.03. The molecule has 0 bridgehead atoms. The Kier molecular flexibility index (Phi) is 5.23. The van der Waals surface area contributed by atoms with E-state index < -0.39 is 0 Å². The van der Waals surface area contributed by atoms with Gasteiger partial charge in [-0.3, -0.25) is 0 Å². The number of H-pyrrole nitrogens is 1. The molecule has 0 spiro atoms. The van der Waals surface area contributed by atoms with Gasteiger partial charge >= 0.3 is 0 Å². The normalized spacial score (nSPS) is 21.6. The second-order valence-electron chi connectivity index (χ2n) is 5.45. The van der Waals surface area contributed by atoms with E-state index in [1.165, 1.54) is 31.7 Å². The van der Waals surface area contributed by atoms with E-state index in [0.29, 0.717) is 6.04 Å². The van der Waals surface area contributed by atoms with Crippen molar-refractivity contribution in [2.45, 2.75) is 18.9 Å². The van der Waals surface area contributed by atoms with Gasteiger partial charge in [-0.05, 0) is 39.2 Å². The van der Waals surface area contributed by atoms with E-state index in [0.717, 1.165) is 19.5 Å². The van der Waals surface area contributed by atoms with Gasteiger partial charge in [-0.15, -0.1) is 0 Å². The zero-order chi connectivity index (χ0) is 12.8. The highest BCUT2D eigenvalue weighted by Gasteiger charge is 2.16. The number of likely N-dealkylation sites (N-methyl/N-ethyl adjacent to an activating group) is 2. The first-order chi connectivity index (χ1) is 8.74. The zero-order valence-electron chi connectivity index (χ0n) is 11.7. The van der Waals surface area contributed by atoms with Gasteiger partial charge in [0.1, 0.15) is 0 Å². The average molecular weight is 250 g/mol. The van der Waals surface area contributed by atoms with Crippen LogP contribution in [0.1, 0.15) is 12.1 Å². The molecule has 0 aliphatic carbocycles. The number of hydrogen-bond donors (Lipinski definition) is 2. The van der Waals surface area contributed by atoms with Crippen molar-refractivity contribution in [3.8, 4) is 0 Å². The van der Waals surface area contributed by atoms with Crippen LogP contribution < -0.4 is 5.32 Å². The van der Waals surface area contributed by atoms with Gasteiger partial charge < -0.3 is 20.1 Å². The third-order valence-electron chi connectivity index (χ3n) is 3.74. The maximum Gasteiger partial charge on any atom is 0.0207 e. The molecule has 2 rings (SSSR count). The Hall–Kier alpha value is -0.840. The second-order valence-corrected chi connectivity index (χ2v) is 5.45. The monoisotopic (exact) mass is 250 g/mol. The molecule has 2 N–H and O–H groups in total. The number of aromatic amines is 1. The van der Waals surface area contributed by atoms with Crippen LogP contribution in [-0.2, 0) is 6.42 Å². The SMILES string of the molecule is CN(CCc1ccc[nH]1)CCC1CN(C)CCN1. The van der Waals surface area contributed by atoms with Crippen LogP contribution >= 0.6 is 0 Å². The maximum atomic E-state index is 3.60. The number of nitrogens with zero attached hydrogens (tertiary/aromatic N) is 2. The molecule has 4 heteroatoms. The maximum absolute atomic E-state index is 3.60. The molecule has 0 saturated carbocycles. The lowest BCUT2D eigenvalue weighted by Crippen LogP contribution is -2.49. The first kappa shape index (κ1) is 13.6. The van der Waals surface area contributed by atoms with Crippen LogP contribution in [0, 0.1) is 0 Å². The number of rotatable bonds is 6. The second kappa shape index (κ2) is 6.92. The molecule has 1 unspecified atom stereocenters. The average Bonchev–Trinajstić information content (AvgIpc) is 2.87. The molecule has 1 aromatic rings. The fourth-order valence-electron chi connectivity index (χ4n) is 2.51. The fraction of sp³-hybridized carbons (Fsp3) is 0.714. The van der Waals surface area contributed by atoms with Crippen molar-refractivity contribution in [1.29, 1.82) is 0 Å². The van der Waals surface area contributed by atoms with Gasteiger partial charge in [0.25, 0.3) is 0 Å². The van der Waals surface area contributed by atoms with Gasteiger partial charge in [-0.25, -0.2) is 0 Å². The molecule has 18 heavy (non-hydrogen) atoms. The number of aromatic nitrogens is 1. The molecule has 0 aromatic carbocycles. The zero-order valence-corrected chi connectivity index (χ0v) is 11.7. The fourth-order valence-corrected chi connectivity index (χ4v) is 2.51. The van der Waals surface area contributed by atoms with Crippen LogP contribution in [0.25, 0.3) is 0 Å². The minimum Gasteiger partial charge on any atom is -0.365 e. The quantitative estimate of drug-likeness (QED) is 0.783. The largest absolute Gasteiger partial charge is 0.365 e. The summed E-state index contributed by atoms with van der Waals surface area (Å²) < 4.78 is 0. The summed E-state index contributed by atoms with van der Waals surface area (Å²) in [6.07, 6.45) is 4.35. The van der Waals surface area contributed by atoms with Gasteiger partial charge in [0, 0.05) is 50.5 Å². The van der Waals surface area contributed by atoms with E-state index in [2.05, 4.69) is 46.3 Å². The van der Waals surface area contributed by atoms with E-state index in [1.54, 1.807) is 0 Å². The molecule has 1 saturated heterocycles. The summed E-state index contributed by atoms with van der Waals surface area (Å²) in [5, 5.41) is 3.60. The van der Waals surface area contributed by atoms with Crippen molar-refractivity contribution in [3.63, 3.8) is 0 Å². The first-order valence-corrected chi connectivity index (χ1v) is 6.97. The van der Waals surface area contributed by atoms with Crippen LogP contribution in [0.3, 0.4) is 0 Å². The molecule has 1 aliphatic rings. The molecule has 2 heterocycles. The van der Waals surface area contributed by atoms with E-state index in [4.69, 9.17) is 0 Å². The van der Waals surface area contributed by atoms with Crippen LogP contribution in [0.15, 0.2) is 18.3 Å². The van der Waals surface area contributed by atoms with Crippen molar-refractivity contribution in [1.82, 2.24) is 20.1 Å². The summed E-state index contributed by atoms with van der Waals surface area (Å²) in [4.78, 5) is 8.10. The van der Waals surface area contributed by atoms with Crippen molar-refractivity contribution in [2.24, 2.45) is 0 Å². The predicted octanol–water partition coefficient (Wildman–Crippen LogP) is 0.783. The van der Waals surface area contributed by atoms with Crippen molar-refractivity contribution >= 4 is 0 Å². The molecule has 1 aliphatic heterocycles. The Morgan fingerprint density at radius 1 is 1.44 bits per heavy atom. The van der Waals surface area contributed by atoms with E-state index in [1.807, 2.05) is 6.20 Å². The van der Waals surface area contributed by atoms with Gasteiger partial charge in [0.05, 0.1) is 0 Å². The third-order valence-corrected chi connectivity index (χ3v) is 3.74. The topological polar surface area (TPSA) is 34.3 Å². The molecular formula is C14H26N4. The lowest BCUT2D eigenvalue weighted by atomic mass is 10.1. The molecule has 1 atom stereocenters. The van der Waals surface area contributed by atoms with Gasteiger partial charge in [-0.2, -0.15) is 0 Å². The van der Waals surface area contributed by atoms with Crippen LogP contribution in [0.5, 0.6) is 0 Å². The lowest BCUT2D eigenvalue weighted by molar-refractivity contribution is 0.214. The van der Waals surface area contributed by atoms with Gasteiger partial charge in [-0.1, -0.05) is 0 Å². The number of piperazine rings is 1. The Morgan fingerprint density at radius 3 is 3.06 bits per heavy atom. The van der Waals surface area contributed by atoms with Crippen LogP contribution in [0.4, 0.5) is 0 Å². The van der Waals surface area contributed by atoms with Crippen LogP contribution in [0.2, 0.25) is 0 Å². The third kappa shape index (κ3) is 4.44. The molecule has 102 valence electrons. The summed E-state index contributed by atoms with van der Waals surface area (Å²) in [6.45, 7) is 5.80. The molecule has 0 radical (unpaired) electrons. The smallest absolute Gasteiger partial charge is 0.0207 e. The summed E-state index contributed by atoms with van der Waals surface area (Å²) in [5.41, 5.74) is 1.33. The highest BCUT2D eigenvalue weighted by atomic mass is 15.2. The molecule has 1 aromatic heterocycles. The number of nitrogens with one attached hydrogen (secondary N) is 2. The van der Waals surface area contributed by atoms with E-state index in [9.17, 15) is 0 Å². The predicted molar refractivity (Wildman–Crippen MR) is 75.9 cm³/mol. The Labute approximate surface area is 110 Å². The van der Waals surface area contributed by atoms with Crippen molar-refractivity contribution in [3.05, 3.63) is 24.0 Å². The first-order valence-electron chi connectivity index (χ1n) is 6.97. The minimum atomic E-state index is 0.664. The summed E-state index contributed by atoms with van der Waals surface area (Å²) in [5.74, 6) is 0. The van der Waals surface area contributed by atoms with Gasteiger partial charge in [0.2, 0.25) is 0 Å². The van der Waals surface area contributed by atoms with E-state index >= 15 is 0 Å². The lowest BCUT2D eigenvalue weighted by Gasteiger charge is -2.32. The Morgan fingerprint density at radius 2 is 2.33 bits per heavy atom. The van der Waals surface area contributed by atoms with E-state index in [-0.39, 0.29) is 0 Å². The Balaban J connectivity index is 1.60. The number of hydrogen-bond acceptors (Lipinski definition) is 3. The molecular weight excluding hydrogens is 224 g/mol. The van der Waals surface area contributed by atoms with Gasteiger partial charge in [0.15, 0.2) is 0 Å².